The third kappa shape index (κ3) is 3.16. The summed E-state index contributed by atoms with van der Waals surface area (Å²) < 4.78 is 2.08. The van der Waals surface area contributed by atoms with Gasteiger partial charge in [0, 0.05) is 36.1 Å². The molecule has 98 valence electrons. The number of thiophene rings is 1. The van der Waals surface area contributed by atoms with Crippen molar-refractivity contribution in [3.05, 3.63) is 40.6 Å². The smallest absolute Gasteiger partial charge is 0.131 e. The van der Waals surface area contributed by atoms with E-state index in [1.165, 1.54) is 4.88 Å². The van der Waals surface area contributed by atoms with Gasteiger partial charge in [0.25, 0.3) is 0 Å². The molecule has 0 aliphatic rings. The standard InChI is InChI=1S/C13H19N3S2/c1-10(17-3)9-15-12(11-5-4-8-18-11)13-14-6-7-16(13)2/h4-8,10,12,15H,9H2,1-3H3. The monoisotopic (exact) mass is 281 g/mol. The zero-order valence-corrected chi connectivity index (χ0v) is 12.6. The minimum Gasteiger partial charge on any atom is -0.336 e. The molecule has 2 aromatic rings. The van der Waals surface area contributed by atoms with Gasteiger partial charge < -0.3 is 9.88 Å². The number of thioether (sulfide) groups is 1. The zero-order chi connectivity index (χ0) is 13.0. The number of imidazole rings is 1. The fourth-order valence-electron chi connectivity index (χ4n) is 1.80. The maximum Gasteiger partial charge on any atom is 0.131 e. The molecular formula is C13H19N3S2. The van der Waals surface area contributed by atoms with Crippen LogP contribution in [0.5, 0.6) is 0 Å². The molecule has 2 aromatic heterocycles. The number of aromatic nitrogens is 2. The van der Waals surface area contributed by atoms with Crippen LogP contribution in [0.4, 0.5) is 0 Å². The van der Waals surface area contributed by atoms with Crippen molar-refractivity contribution < 1.29 is 0 Å². The molecule has 18 heavy (non-hydrogen) atoms. The van der Waals surface area contributed by atoms with Crippen LogP contribution in [-0.2, 0) is 7.05 Å². The fraction of sp³-hybridized carbons (Fsp3) is 0.462. The molecule has 5 heteroatoms. The van der Waals surface area contributed by atoms with E-state index in [1.807, 2.05) is 31.2 Å². The van der Waals surface area contributed by atoms with Crippen LogP contribution in [0.15, 0.2) is 29.9 Å². The first-order chi connectivity index (χ1) is 8.72. The molecule has 0 bridgehead atoms. The molecule has 1 N–H and O–H groups in total. The normalized spacial score (nSPS) is 14.6. The molecule has 0 aromatic carbocycles. The van der Waals surface area contributed by atoms with Crippen LogP contribution >= 0.6 is 23.1 Å². The molecule has 0 spiro atoms. The highest BCUT2D eigenvalue weighted by Gasteiger charge is 2.19. The lowest BCUT2D eigenvalue weighted by Crippen LogP contribution is -2.29. The van der Waals surface area contributed by atoms with E-state index in [1.54, 1.807) is 11.3 Å². The Morgan fingerprint density at radius 3 is 2.94 bits per heavy atom. The van der Waals surface area contributed by atoms with Crippen LogP contribution in [0.3, 0.4) is 0 Å². The Hall–Kier alpha value is -0.780. The van der Waals surface area contributed by atoms with Crippen molar-refractivity contribution in [2.75, 3.05) is 12.8 Å². The van der Waals surface area contributed by atoms with Crippen LogP contribution < -0.4 is 5.32 Å². The number of aryl methyl sites for hydroxylation is 1. The lowest BCUT2D eigenvalue weighted by molar-refractivity contribution is 0.567. The topological polar surface area (TPSA) is 29.9 Å². The minimum atomic E-state index is 0.194. The van der Waals surface area contributed by atoms with Crippen LogP contribution in [0.2, 0.25) is 0 Å². The van der Waals surface area contributed by atoms with Crippen LogP contribution in [0.1, 0.15) is 23.7 Å². The summed E-state index contributed by atoms with van der Waals surface area (Å²) in [4.78, 5) is 5.79. The van der Waals surface area contributed by atoms with Crippen molar-refractivity contribution >= 4 is 23.1 Å². The first-order valence-corrected chi connectivity index (χ1v) is 8.16. The molecule has 0 aliphatic heterocycles. The van der Waals surface area contributed by atoms with Gasteiger partial charge in [-0.15, -0.1) is 11.3 Å². The van der Waals surface area contributed by atoms with Crippen LogP contribution in [0, 0.1) is 0 Å². The highest BCUT2D eigenvalue weighted by atomic mass is 32.2. The Balaban J connectivity index is 2.17. The molecular weight excluding hydrogens is 262 g/mol. The summed E-state index contributed by atoms with van der Waals surface area (Å²) in [5.41, 5.74) is 0. The maximum atomic E-state index is 4.48. The van der Waals surface area contributed by atoms with Gasteiger partial charge in [-0.2, -0.15) is 11.8 Å². The second-order valence-corrected chi connectivity index (χ2v) is 6.55. The number of nitrogens with zero attached hydrogens (tertiary/aromatic N) is 2. The summed E-state index contributed by atoms with van der Waals surface area (Å²) in [6.45, 7) is 3.22. The Morgan fingerprint density at radius 2 is 2.39 bits per heavy atom. The Morgan fingerprint density at radius 1 is 1.56 bits per heavy atom. The Labute approximate surface area is 117 Å². The van der Waals surface area contributed by atoms with E-state index in [-0.39, 0.29) is 6.04 Å². The van der Waals surface area contributed by atoms with Crippen molar-refractivity contribution in [2.24, 2.45) is 7.05 Å². The van der Waals surface area contributed by atoms with Crippen molar-refractivity contribution in [1.29, 1.82) is 0 Å². The summed E-state index contributed by atoms with van der Waals surface area (Å²) in [6, 6.07) is 4.45. The second-order valence-electron chi connectivity index (χ2n) is 4.30. The summed E-state index contributed by atoms with van der Waals surface area (Å²) in [5.74, 6) is 1.07. The highest BCUT2D eigenvalue weighted by molar-refractivity contribution is 7.99. The predicted molar refractivity (Wildman–Crippen MR) is 80.3 cm³/mol. The molecule has 3 nitrogen and oxygen atoms in total. The average molecular weight is 281 g/mol. The van der Waals surface area contributed by atoms with E-state index < -0.39 is 0 Å². The van der Waals surface area contributed by atoms with Gasteiger partial charge in [-0.1, -0.05) is 13.0 Å². The molecule has 0 radical (unpaired) electrons. The van der Waals surface area contributed by atoms with E-state index in [0.717, 1.165) is 12.4 Å². The van der Waals surface area contributed by atoms with Crippen LogP contribution in [0.25, 0.3) is 0 Å². The first kappa shape index (κ1) is 13.6. The van der Waals surface area contributed by atoms with Crippen molar-refractivity contribution in [3.8, 4) is 0 Å². The molecule has 2 rings (SSSR count). The van der Waals surface area contributed by atoms with Crippen molar-refractivity contribution in [2.45, 2.75) is 18.2 Å². The Bertz CT molecular complexity index is 464. The fourth-order valence-corrected chi connectivity index (χ4v) is 2.86. The molecule has 0 amide bonds. The molecule has 0 aliphatic carbocycles. The number of hydrogen-bond donors (Lipinski definition) is 1. The van der Waals surface area contributed by atoms with Gasteiger partial charge in [-0.05, 0) is 17.7 Å². The minimum absolute atomic E-state index is 0.194. The maximum absolute atomic E-state index is 4.48. The lowest BCUT2D eigenvalue weighted by atomic mass is 10.2. The van der Waals surface area contributed by atoms with E-state index >= 15 is 0 Å². The molecule has 0 fully saturated rings. The van der Waals surface area contributed by atoms with Gasteiger partial charge in [0.1, 0.15) is 11.9 Å². The van der Waals surface area contributed by atoms with Crippen molar-refractivity contribution in [1.82, 2.24) is 14.9 Å². The van der Waals surface area contributed by atoms with Gasteiger partial charge in [-0.25, -0.2) is 4.98 Å². The third-order valence-electron chi connectivity index (χ3n) is 2.96. The zero-order valence-electron chi connectivity index (χ0n) is 11.0. The lowest BCUT2D eigenvalue weighted by Gasteiger charge is -2.19. The van der Waals surface area contributed by atoms with Gasteiger partial charge in [0.05, 0.1) is 0 Å². The summed E-state index contributed by atoms with van der Waals surface area (Å²) in [7, 11) is 2.04. The average Bonchev–Trinajstić information content (AvgIpc) is 3.02. The van der Waals surface area contributed by atoms with Crippen molar-refractivity contribution in [3.63, 3.8) is 0 Å². The highest BCUT2D eigenvalue weighted by Crippen LogP contribution is 2.24. The largest absolute Gasteiger partial charge is 0.336 e. The SMILES string of the molecule is CSC(C)CNC(c1cccs1)c1nccn1C. The Kier molecular flexibility index (Phi) is 4.86. The third-order valence-corrected chi connectivity index (χ3v) is 4.86. The summed E-state index contributed by atoms with van der Waals surface area (Å²) >= 11 is 3.65. The first-order valence-electron chi connectivity index (χ1n) is 5.99. The number of nitrogens with one attached hydrogen (secondary N) is 1. The van der Waals surface area contributed by atoms with E-state index in [9.17, 15) is 0 Å². The van der Waals surface area contributed by atoms with E-state index in [2.05, 4.69) is 45.6 Å². The quantitative estimate of drug-likeness (QED) is 0.883. The predicted octanol–water partition coefficient (Wildman–Crippen LogP) is 2.91. The number of rotatable bonds is 6. The van der Waals surface area contributed by atoms with E-state index in [0.29, 0.717) is 5.25 Å². The molecule has 0 saturated carbocycles. The van der Waals surface area contributed by atoms with Gasteiger partial charge >= 0.3 is 0 Å². The van der Waals surface area contributed by atoms with E-state index in [4.69, 9.17) is 0 Å². The number of hydrogen-bond acceptors (Lipinski definition) is 4. The molecule has 2 heterocycles. The van der Waals surface area contributed by atoms with Gasteiger partial charge in [-0.3, -0.25) is 0 Å². The summed E-state index contributed by atoms with van der Waals surface area (Å²) in [5, 5.41) is 6.34. The van der Waals surface area contributed by atoms with Gasteiger partial charge in [0.2, 0.25) is 0 Å². The molecule has 0 saturated heterocycles. The van der Waals surface area contributed by atoms with Crippen LogP contribution in [-0.4, -0.2) is 27.6 Å². The molecule has 2 atom stereocenters. The van der Waals surface area contributed by atoms with Gasteiger partial charge in [0.15, 0.2) is 0 Å². The second kappa shape index (κ2) is 6.41. The summed E-state index contributed by atoms with van der Waals surface area (Å²) in [6.07, 6.45) is 6.00. The molecule has 2 unspecified atom stereocenters.